The van der Waals surface area contributed by atoms with Gasteiger partial charge in [0.05, 0.1) is 29.0 Å². The number of nitro groups is 1. The normalized spacial score (nSPS) is 18.5. The Hall–Kier alpha value is -3.47. The maximum Gasteiger partial charge on any atom is 0.319 e. The standard InChI is InChI=1S/C20H26N6O5/c1-14-10-24(11-15(2)31-14)19(27)13-25-12-17(9-22-25)23-20(28)21-8-7-16-3-5-18(6-4-16)26(29)30/h3-6,9,12,14-15H,7-8,10-11,13H2,1-2H3,(H2,21,23,28). The molecule has 0 spiro atoms. The fourth-order valence-electron chi connectivity index (χ4n) is 3.41. The highest BCUT2D eigenvalue weighted by Crippen LogP contribution is 2.13. The van der Waals surface area contributed by atoms with Crippen molar-refractivity contribution in [1.82, 2.24) is 20.0 Å². The Morgan fingerprint density at radius 1 is 1.23 bits per heavy atom. The number of aromatic nitrogens is 2. The molecule has 2 aromatic rings. The zero-order valence-electron chi connectivity index (χ0n) is 17.5. The molecule has 2 unspecified atom stereocenters. The Kier molecular flexibility index (Phi) is 7.19. The zero-order valence-corrected chi connectivity index (χ0v) is 17.5. The molecule has 1 aromatic heterocycles. The fraction of sp³-hybridized carbons (Fsp3) is 0.450. The van der Waals surface area contributed by atoms with E-state index in [0.29, 0.717) is 31.7 Å². The highest BCUT2D eigenvalue weighted by Gasteiger charge is 2.26. The van der Waals surface area contributed by atoms with E-state index in [0.717, 1.165) is 5.56 Å². The van der Waals surface area contributed by atoms with Gasteiger partial charge >= 0.3 is 6.03 Å². The predicted octanol–water partition coefficient (Wildman–Crippen LogP) is 1.79. The number of nitrogens with zero attached hydrogens (tertiary/aromatic N) is 4. The number of non-ortho nitro benzene ring substituents is 1. The SMILES string of the molecule is CC1CN(C(=O)Cn2cc(NC(=O)NCCc3ccc([N+](=O)[O-])cc3)cn2)CC(C)O1. The van der Waals surface area contributed by atoms with Gasteiger partial charge in [0, 0.05) is 38.0 Å². The van der Waals surface area contributed by atoms with Crippen LogP contribution in [0.25, 0.3) is 0 Å². The van der Waals surface area contributed by atoms with Crippen LogP contribution in [-0.4, -0.2) is 63.4 Å². The van der Waals surface area contributed by atoms with Gasteiger partial charge in [0.1, 0.15) is 6.54 Å². The number of anilines is 1. The number of nitrogens with one attached hydrogen (secondary N) is 2. The molecule has 2 heterocycles. The van der Waals surface area contributed by atoms with Crippen molar-refractivity contribution in [3.63, 3.8) is 0 Å². The molecule has 11 heteroatoms. The summed E-state index contributed by atoms with van der Waals surface area (Å²) >= 11 is 0. The molecule has 0 bridgehead atoms. The summed E-state index contributed by atoms with van der Waals surface area (Å²) in [7, 11) is 0. The van der Waals surface area contributed by atoms with Gasteiger partial charge < -0.3 is 20.3 Å². The first-order valence-corrected chi connectivity index (χ1v) is 10.0. The van der Waals surface area contributed by atoms with E-state index in [9.17, 15) is 19.7 Å². The lowest BCUT2D eigenvalue weighted by Gasteiger charge is -2.35. The number of benzene rings is 1. The Labute approximate surface area is 179 Å². The van der Waals surface area contributed by atoms with Crippen LogP contribution < -0.4 is 10.6 Å². The molecule has 31 heavy (non-hydrogen) atoms. The second-order valence-electron chi connectivity index (χ2n) is 7.54. The molecular weight excluding hydrogens is 404 g/mol. The van der Waals surface area contributed by atoms with Crippen molar-refractivity contribution in [2.24, 2.45) is 0 Å². The zero-order chi connectivity index (χ0) is 22.4. The molecule has 1 aliphatic rings. The Morgan fingerprint density at radius 2 is 1.90 bits per heavy atom. The monoisotopic (exact) mass is 430 g/mol. The number of hydrogen-bond acceptors (Lipinski definition) is 6. The van der Waals surface area contributed by atoms with E-state index in [1.807, 2.05) is 13.8 Å². The minimum atomic E-state index is -0.453. The van der Waals surface area contributed by atoms with Crippen LogP contribution in [0.1, 0.15) is 19.4 Å². The maximum atomic E-state index is 12.5. The number of rotatable bonds is 7. The van der Waals surface area contributed by atoms with E-state index in [-0.39, 0.29) is 30.3 Å². The van der Waals surface area contributed by atoms with Crippen LogP contribution in [0.15, 0.2) is 36.7 Å². The van der Waals surface area contributed by atoms with Crippen LogP contribution in [-0.2, 0) is 22.5 Å². The molecule has 2 N–H and O–H groups in total. The van der Waals surface area contributed by atoms with Gasteiger partial charge in [-0.05, 0) is 25.8 Å². The number of amides is 3. The van der Waals surface area contributed by atoms with Gasteiger partial charge in [0.25, 0.3) is 5.69 Å². The third-order valence-electron chi connectivity index (χ3n) is 4.81. The molecule has 0 saturated carbocycles. The summed E-state index contributed by atoms with van der Waals surface area (Å²) < 4.78 is 7.13. The van der Waals surface area contributed by atoms with Crippen LogP contribution in [0, 0.1) is 10.1 Å². The van der Waals surface area contributed by atoms with Crippen molar-refractivity contribution >= 4 is 23.3 Å². The van der Waals surface area contributed by atoms with E-state index in [1.165, 1.54) is 23.0 Å². The molecule has 1 aliphatic heterocycles. The molecule has 1 saturated heterocycles. The summed E-state index contributed by atoms with van der Waals surface area (Å²) in [5.41, 5.74) is 1.39. The maximum absolute atomic E-state index is 12.5. The molecule has 1 fully saturated rings. The summed E-state index contributed by atoms with van der Waals surface area (Å²) in [5.74, 6) is -0.0517. The van der Waals surface area contributed by atoms with Gasteiger partial charge in [-0.1, -0.05) is 12.1 Å². The molecular formula is C20H26N6O5. The van der Waals surface area contributed by atoms with Gasteiger partial charge in [-0.2, -0.15) is 5.10 Å². The second-order valence-corrected chi connectivity index (χ2v) is 7.54. The first kappa shape index (κ1) is 22.2. The number of morpholine rings is 1. The number of nitro benzene ring substituents is 1. The molecule has 11 nitrogen and oxygen atoms in total. The third kappa shape index (κ3) is 6.51. The summed E-state index contributed by atoms with van der Waals surface area (Å²) in [4.78, 5) is 36.5. The number of hydrogen-bond donors (Lipinski definition) is 2. The summed E-state index contributed by atoms with van der Waals surface area (Å²) in [6.45, 7) is 5.42. The lowest BCUT2D eigenvalue weighted by Crippen LogP contribution is -2.49. The van der Waals surface area contributed by atoms with Gasteiger partial charge in [0.2, 0.25) is 5.91 Å². The number of carbonyl (C=O) groups is 2. The van der Waals surface area contributed by atoms with Crippen molar-refractivity contribution in [3.8, 4) is 0 Å². The summed E-state index contributed by atoms with van der Waals surface area (Å²) in [6, 6.07) is 5.79. The molecule has 166 valence electrons. The van der Waals surface area contributed by atoms with Crippen molar-refractivity contribution in [2.45, 2.75) is 39.0 Å². The highest BCUT2D eigenvalue weighted by molar-refractivity contribution is 5.88. The highest BCUT2D eigenvalue weighted by atomic mass is 16.6. The predicted molar refractivity (Wildman–Crippen MR) is 113 cm³/mol. The summed E-state index contributed by atoms with van der Waals surface area (Å²) in [5, 5.41) is 20.2. The molecule has 0 radical (unpaired) electrons. The summed E-state index contributed by atoms with van der Waals surface area (Å²) in [6.07, 6.45) is 3.61. The number of carbonyl (C=O) groups excluding carboxylic acids is 2. The second kappa shape index (κ2) is 10.0. The minimum Gasteiger partial charge on any atom is -0.372 e. The average molecular weight is 430 g/mol. The van der Waals surface area contributed by atoms with Crippen LogP contribution in [0.2, 0.25) is 0 Å². The van der Waals surface area contributed by atoms with E-state index in [2.05, 4.69) is 15.7 Å². The van der Waals surface area contributed by atoms with E-state index in [4.69, 9.17) is 4.74 Å². The van der Waals surface area contributed by atoms with Crippen LogP contribution >= 0.6 is 0 Å². The molecule has 3 amide bonds. The van der Waals surface area contributed by atoms with Crippen LogP contribution in [0.5, 0.6) is 0 Å². The largest absolute Gasteiger partial charge is 0.372 e. The van der Waals surface area contributed by atoms with Crippen LogP contribution in [0.4, 0.5) is 16.2 Å². The Bertz CT molecular complexity index is 918. The van der Waals surface area contributed by atoms with Gasteiger partial charge in [-0.3, -0.25) is 19.6 Å². The number of urea groups is 1. The fourth-order valence-corrected chi connectivity index (χ4v) is 3.41. The van der Waals surface area contributed by atoms with Crippen LogP contribution in [0.3, 0.4) is 0 Å². The van der Waals surface area contributed by atoms with E-state index >= 15 is 0 Å². The van der Waals surface area contributed by atoms with Gasteiger partial charge in [-0.15, -0.1) is 0 Å². The first-order valence-electron chi connectivity index (χ1n) is 10.0. The lowest BCUT2D eigenvalue weighted by molar-refractivity contribution is -0.384. The van der Waals surface area contributed by atoms with E-state index in [1.54, 1.807) is 23.2 Å². The van der Waals surface area contributed by atoms with Crippen molar-refractivity contribution in [3.05, 3.63) is 52.3 Å². The smallest absolute Gasteiger partial charge is 0.319 e. The first-order chi connectivity index (χ1) is 14.8. The molecule has 3 rings (SSSR count). The lowest BCUT2D eigenvalue weighted by atomic mass is 10.1. The van der Waals surface area contributed by atoms with Gasteiger partial charge in [-0.25, -0.2) is 4.79 Å². The van der Waals surface area contributed by atoms with Crippen molar-refractivity contribution < 1.29 is 19.2 Å². The quantitative estimate of drug-likeness (QED) is 0.508. The molecule has 0 aliphatic carbocycles. The Morgan fingerprint density at radius 3 is 2.55 bits per heavy atom. The Balaban J connectivity index is 1.42. The van der Waals surface area contributed by atoms with E-state index < -0.39 is 11.0 Å². The molecule has 2 atom stereocenters. The molecule has 1 aromatic carbocycles. The number of ether oxygens (including phenoxy) is 1. The van der Waals surface area contributed by atoms with Gasteiger partial charge in [0.15, 0.2) is 0 Å². The van der Waals surface area contributed by atoms with Crippen molar-refractivity contribution in [2.75, 3.05) is 25.0 Å². The van der Waals surface area contributed by atoms with Crippen molar-refractivity contribution in [1.29, 1.82) is 0 Å². The topological polar surface area (TPSA) is 132 Å². The average Bonchev–Trinajstić information content (AvgIpc) is 3.14. The third-order valence-corrected chi connectivity index (χ3v) is 4.81. The minimum absolute atomic E-state index is 0.00255.